The lowest BCUT2D eigenvalue weighted by molar-refractivity contribution is -0.135. The average molecular weight is 387 g/mol. The van der Waals surface area contributed by atoms with Gasteiger partial charge in [-0.15, -0.1) is 0 Å². The van der Waals surface area contributed by atoms with Crippen molar-refractivity contribution in [1.82, 2.24) is 4.90 Å². The van der Waals surface area contributed by atoms with E-state index in [-0.39, 0.29) is 11.3 Å². The normalized spacial score (nSPS) is 14.0. The van der Waals surface area contributed by atoms with Crippen molar-refractivity contribution in [3.63, 3.8) is 0 Å². The van der Waals surface area contributed by atoms with Crippen molar-refractivity contribution in [2.75, 3.05) is 26.6 Å². The minimum absolute atomic E-state index is 0.195. The molecule has 0 aromatic heterocycles. The Morgan fingerprint density at radius 2 is 1.70 bits per heavy atom. The van der Waals surface area contributed by atoms with Crippen molar-refractivity contribution >= 4 is 34.7 Å². The maximum absolute atomic E-state index is 12.7. The van der Waals surface area contributed by atoms with Crippen LogP contribution in [0.3, 0.4) is 0 Å². The van der Waals surface area contributed by atoms with Gasteiger partial charge < -0.3 is 14.8 Å². The molecule has 6 nitrogen and oxygen atoms in total. The average Bonchev–Trinajstić information content (AvgIpc) is 2.88. The maximum atomic E-state index is 12.7. The number of nitrogens with one attached hydrogen (secondary N) is 1. The summed E-state index contributed by atoms with van der Waals surface area (Å²) in [6.07, 6.45) is 0. The van der Waals surface area contributed by atoms with Crippen LogP contribution in [0.15, 0.2) is 42.1 Å². The van der Waals surface area contributed by atoms with E-state index in [1.807, 2.05) is 6.92 Å². The number of imide groups is 1. The Morgan fingerprint density at radius 3 is 2.37 bits per heavy atom. The number of methoxy groups -OCH3 is 2. The summed E-state index contributed by atoms with van der Waals surface area (Å²) in [7, 11) is 4.49. The van der Waals surface area contributed by atoms with Crippen LogP contribution in [0.25, 0.3) is 5.57 Å². The number of halogens is 1. The molecule has 1 N–H and O–H groups in total. The predicted molar refractivity (Wildman–Crippen MR) is 104 cm³/mol. The molecule has 1 aliphatic heterocycles. The molecule has 0 fully saturated rings. The Labute approximate surface area is 162 Å². The lowest BCUT2D eigenvalue weighted by Gasteiger charge is -2.13. The van der Waals surface area contributed by atoms with Crippen molar-refractivity contribution in [3.8, 4) is 11.5 Å². The van der Waals surface area contributed by atoms with Gasteiger partial charge in [-0.1, -0.05) is 23.7 Å². The van der Waals surface area contributed by atoms with E-state index in [0.29, 0.717) is 27.8 Å². The minimum Gasteiger partial charge on any atom is -0.493 e. The third-order valence-corrected chi connectivity index (χ3v) is 4.90. The zero-order valence-electron chi connectivity index (χ0n) is 15.4. The zero-order valence-corrected chi connectivity index (χ0v) is 16.2. The Hall–Kier alpha value is -2.99. The molecule has 0 saturated carbocycles. The van der Waals surface area contributed by atoms with Gasteiger partial charge in [-0.25, -0.2) is 0 Å². The SMILES string of the molecule is COc1ccc(C2=C(Nc3cccc(Cl)c3C)C(=O)N(C)C2=O)cc1OC. The molecule has 0 saturated heterocycles. The second-order valence-electron chi connectivity index (χ2n) is 6.03. The largest absolute Gasteiger partial charge is 0.493 e. The molecular formula is C20H19ClN2O4. The topological polar surface area (TPSA) is 67.9 Å². The van der Waals surface area contributed by atoms with Crippen molar-refractivity contribution in [1.29, 1.82) is 0 Å². The second kappa shape index (κ2) is 7.32. The molecule has 0 atom stereocenters. The molecule has 7 heteroatoms. The summed E-state index contributed by atoms with van der Waals surface area (Å²) in [5.74, 6) is 0.196. The summed E-state index contributed by atoms with van der Waals surface area (Å²) in [5, 5.41) is 3.65. The Bertz CT molecular complexity index is 968. The van der Waals surface area contributed by atoms with E-state index in [2.05, 4.69) is 5.32 Å². The van der Waals surface area contributed by atoms with Crippen molar-refractivity contribution < 1.29 is 19.1 Å². The van der Waals surface area contributed by atoms with Crippen LogP contribution in [0.4, 0.5) is 5.69 Å². The molecule has 27 heavy (non-hydrogen) atoms. The van der Waals surface area contributed by atoms with Gasteiger partial charge in [-0.3, -0.25) is 14.5 Å². The zero-order chi connectivity index (χ0) is 19.7. The Kier molecular flexibility index (Phi) is 5.10. The van der Waals surface area contributed by atoms with E-state index in [1.54, 1.807) is 36.4 Å². The fourth-order valence-corrected chi connectivity index (χ4v) is 3.07. The first-order chi connectivity index (χ1) is 12.9. The maximum Gasteiger partial charge on any atom is 0.277 e. The first-order valence-corrected chi connectivity index (χ1v) is 8.58. The third kappa shape index (κ3) is 3.24. The van der Waals surface area contributed by atoms with Gasteiger partial charge in [-0.05, 0) is 42.3 Å². The molecule has 1 aliphatic rings. The highest BCUT2D eigenvalue weighted by Crippen LogP contribution is 2.36. The van der Waals surface area contributed by atoms with Crippen LogP contribution in [0.5, 0.6) is 11.5 Å². The first-order valence-electron chi connectivity index (χ1n) is 8.20. The van der Waals surface area contributed by atoms with Gasteiger partial charge in [0.1, 0.15) is 5.70 Å². The fraction of sp³-hybridized carbons (Fsp3) is 0.200. The van der Waals surface area contributed by atoms with E-state index in [4.69, 9.17) is 21.1 Å². The lowest BCUT2D eigenvalue weighted by Crippen LogP contribution is -2.28. The number of amides is 2. The summed E-state index contributed by atoms with van der Waals surface area (Å²) in [6.45, 7) is 1.84. The summed E-state index contributed by atoms with van der Waals surface area (Å²) in [6, 6.07) is 10.4. The number of rotatable bonds is 5. The van der Waals surface area contributed by atoms with Crippen LogP contribution in [0.2, 0.25) is 5.02 Å². The van der Waals surface area contributed by atoms with Gasteiger partial charge in [-0.2, -0.15) is 0 Å². The van der Waals surface area contributed by atoms with E-state index in [0.717, 1.165) is 10.5 Å². The Balaban J connectivity index is 2.14. The summed E-state index contributed by atoms with van der Waals surface area (Å²) >= 11 is 6.17. The molecule has 0 aliphatic carbocycles. The Morgan fingerprint density at radius 1 is 1.00 bits per heavy atom. The summed E-state index contributed by atoms with van der Waals surface area (Å²) < 4.78 is 10.6. The van der Waals surface area contributed by atoms with E-state index < -0.39 is 11.8 Å². The standard InChI is InChI=1S/C20H19ClN2O4/c1-11-13(21)6-5-7-14(11)22-18-17(19(24)23(2)20(18)25)12-8-9-15(26-3)16(10-12)27-4/h5-10,22H,1-4H3. The number of hydrogen-bond acceptors (Lipinski definition) is 5. The van der Waals surface area contributed by atoms with Gasteiger partial charge in [0.2, 0.25) is 0 Å². The monoisotopic (exact) mass is 386 g/mol. The predicted octanol–water partition coefficient (Wildman–Crippen LogP) is 3.49. The van der Waals surface area contributed by atoms with E-state index in [9.17, 15) is 9.59 Å². The number of nitrogens with zero attached hydrogens (tertiary/aromatic N) is 1. The van der Waals surface area contributed by atoms with Gasteiger partial charge in [0.15, 0.2) is 11.5 Å². The highest BCUT2D eigenvalue weighted by molar-refractivity contribution is 6.36. The summed E-state index contributed by atoms with van der Waals surface area (Å²) in [5.41, 5.74) is 2.46. The molecule has 3 rings (SSSR count). The molecule has 2 aromatic carbocycles. The van der Waals surface area contributed by atoms with Crippen LogP contribution >= 0.6 is 11.6 Å². The van der Waals surface area contributed by atoms with E-state index >= 15 is 0 Å². The molecule has 2 aromatic rings. The molecule has 0 unspecified atom stereocenters. The van der Waals surface area contributed by atoms with Crippen LogP contribution in [-0.2, 0) is 9.59 Å². The number of carbonyl (C=O) groups is 2. The quantitative estimate of drug-likeness (QED) is 0.797. The van der Waals surface area contributed by atoms with Crippen LogP contribution in [0, 0.1) is 6.92 Å². The number of carbonyl (C=O) groups excluding carboxylic acids is 2. The fourth-order valence-electron chi connectivity index (χ4n) is 2.89. The van der Waals surface area contributed by atoms with Gasteiger partial charge in [0.05, 0.1) is 19.8 Å². The van der Waals surface area contributed by atoms with Crippen molar-refractivity contribution in [2.24, 2.45) is 0 Å². The van der Waals surface area contributed by atoms with Crippen molar-refractivity contribution in [2.45, 2.75) is 6.92 Å². The highest BCUT2D eigenvalue weighted by Gasteiger charge is 2.37. The van der Waals surface area contributed by atoms with Crippen molar-refractivity contribution in [3.05, 3.63) is 58.2 Å². The third-order valence-electron chi connectivity index (χ3n) is 4.49. The van der Waals surface area contributed by atoms with Gasteiger partial charge in [0.25, 0.3) is 11.8 Å². The van der Waals surface area contributed by atoms with Crippen LogP contribution in [-0.4, -0.2) is 38.0 Å². The lowest BCUT2D eigenvalue weighted by atomic mass is 10.0. The summed E-state index contributed by atoms with van der Waals surface area (Å²) in [4.78, 5) is 26.5. The first kappa shape index (κ1) is 18.8. The molecule has 0 spiro atoms. The molecule has 0 radical (unpaired) electrons. The van der Waals surface area contributed by atoms with E-state index in [1.165, 1.54) is 21.3 Å². The second-order valence-corrected chi connectivity index (χ2v) is 6.43. The van der Waals surface area contributed by atoms with Gasteiger partial charge in [0, 0.05) is 17.8 Å². The minimum atomic E-state index is -0.413. The highest BCUT2D eigenvalue weighted by atomic mass is 35.5. The number of likely N-dealkylation sites (N-methyl/N-ethyl adjacent to an activating group) is 1. The van der Waals surface area contributed by atoms with Gasteiger partial charge >= 0.3 is 0 Å². The number of anilines is 1. The number of ether oxygens (including phenoxy) is 2. The molecule has 1 heterocycles. The number of benzene rings is 2. The smallest absolute Gasteiger partial charge is 0.277 e. The molecule has 0 bridgehead atoms. The molecule has 2 amide bonds. The van der Waals surface area contributed by atoms with Crippen LogP contribution in [0.1, 0.15) is 11.1 Å². The number of hydrogen-bond donors (Lipinski definition) is 1. The molecular weight excluding hydrogens is 368 g/mol. The van der Waals surface area contributed by atoms with Crippen LogP contribution < -0.4 is 14.8 Å². The molecule has 140 valence electrons.